The minimum Gasteiger partial charge on any atom is -0.390 e. The lowest BCUT2D eigenvalue weighted by Crippen LogP contribution is -2.54. The number of aliphatic hydroxyl groups is 2. The second kappa shape index (κ2) is 12.0. The zero-order valence-corrected chi connectivity index (χ0v) is 26.3. The zero-order chi connectivity index (χ0) is 30.7. The Kier molecular flexibility index (Phi) is 8.55. The van der Waals surface area contributed by atoms with E-state index >= 15 is 0 Å². The average molecular weight is 615 g/mol. The summed E-state index contributed by atoms with van der Waals surface area (Å²) < 4.78 is 38.1. The monoisotopic (exact) mass is 614 g/mol. The molecule has 10 heteroatoms. The van der Waals surface area contributed by atoms with Gasteiger partial charge in [-0.25, -0.2) is 13.1 Å². The first kappa shape index (κ1) is 31.3. The summed E-state index contributed by atoms with van der Waals surface area (Å²) in [4.78, 5) is 7.17. The highest BCUT2D eigenvalue weighted by molar-refractivity contribution is 5.13. The van der Waals surface area contributed by atoms with E-state index in [1.807, 2.05) is 13.8 Å². The van der Waals surface area contributed by atoms with Gasteiger partial charge in [-0.2, -0.15) is 0 Å². The standard InChI is InChI=1S/C20H29NO4.C14H21NO4/c1-13(21-2)10-14-6-7-17-19(23-14)11-15(22-17)18-16(12-19)24-20(25-18)8-4-3-5-9-20;1-8(15-2)5-9-3-4-12-14(19-9)6-10(16)13(17)11(7-14)18-12/h13-18H,3-12H2,1H3;8-13,16-17H,3-7H2,1H3/t13-,14-,15-,16-,17+,18?,19-;8-,9-,10-,11-,12+,13?,14+/m11/s1. The summed E-state index contributed by atoms with van der Waals surface area (Å²) in [5.41, 5.74) is -0.645. The Morgan fingerprint density at radius 1 is 0.682 bits per heavy atom. The van der Waals surface area contributed by atoms with Crippen molar-refractivity contribution in [3.63, 3.8) is 0 Å². The third-order valence-corrected chi connectivity index (χ3v) is 11.8. The van der Waals surface area contributed by atoms with Gasteiger partial charge in [-0.05, 0) is 38.5 Å². The number of hydrogen-bond acceptors (Lipinski definition) is 8. The van der Waals surface area contributed by atoms with Crippen LogP contribution in [0.5, 0.6) is 0 Å². The zero-order valence-electron chi connectivity index (χ0n) is 26.3. The van der Waals surface area contributed by atoms with Crippen LogP contribution in [0.3, 0.4) is 0 Å². The second-order valence-corrected chi connectivity index (χ2v) is 15.1. The Labute approximate surface area is 261 Å². The van der Waals surface area contributed by atoms with Crippen LogP contribution >= 0.6 is 0 Å². The predicted octanol–water partition coefficient (Wildman–Crippen LogP) is 4.49. The highest BCUT2D eigenvalue weighted by Crippen LogP contribution is 2.55. The van der Waals surface area contributed by atoms with Gasteiger partial charge in [0.1, 0.15) is 12.2 Å². The van der Waals surface area contributed by atoms with Gasteiger partial charge in [0.2, 0.25) is 12.1 Å². The van der Waals surface area contributed by atoms with Crippen LogP contribution in [0.25, 0.3) is 9.69 Å². The largest absolute Gasteiger partial charge is 0.390 e. The Bertz CT molecular complexity index is 1140. The van der Waals surface area contributed by atoms with Crippen molar-refractivity contribution in [1.82, 2.24) is 0 Å². The van der Waals surface area contributed by atoms with Crippen molar-refractivity contribution in [3.8, 4) is 0 Å². The molecule has 8 aliphatic rings. The van der Waals surface area contributed by atoms with E-state index in [1.165, 1.54) is 19.3 Å². The molecule has 8 fully saturated rings. The maximum atomic E-state index is 9.95. The van der Waals surface area contributed by atoms with Crippen LogP contribution in [0.2, 0.25) is 0 Å². The SMILES string of the molecule is [C-]#[N+][C@H](C)C[C@H]1CC[C@@H]2O[C@@H]3C[C@]2(C[C@@H](O)C3O)O1.[C-]#[N+][C@H](C)C[C@H]1CC[C@@H]2O[C@@H]3C[C@]2(C[C@H]2OC4(CCCCC4)OC32)O1. The Morgan fingerprint density at radius 3 is 1.84 bits per heavy atom. The second-order valence-electron chi connectivity index (χ2n) is 15.1. The fourth-order valence-corrected chi connectivity index (χ4v) is 9.75. The fraction of sp³-hybridized carbons (Fsp3) is 0.941. The summed E-state index contributed by atoms with van der Waals surface area (Å²) in [5, 5.41) is 19.8. The third kappa shape index (κ3) is 5.62. The molecule has 8 rings (SSSR count). The number of fused-ring (bicyclic) bond motifs is 4. The van der Waals surface area contributed by atoms with E-state index in [0.29, 0.717) is 12.8 Å². The van der Waals surface area contributed by atoms with E-state index in [2.05, 4.69) is 9.69 Å². The smallest absolute Gasteiger partial charge is 0.223 e. The molecule has 0 aromatic heterocycles. The Hall–Kier alpha value is -1.34. The summed E-state index contributed by atoms with van der Waals surface area (Å²) in [6.45, 7) is 18.2. The first-order chi connectivity index (χ1) is 21.2. The molecule has 0 aromatic carbocycles. The summed E-state index contributed by atoms with van der Waals surface area (Å²) in [7, 11) is 0. The average Bonchev–Trinajstić information content (AvgIpc) is 3.64. The normalized spacial score (nSPS) is 49.3. The van der Waals surface area contributed by atoms with Crippen molar-refractivity contribution >= 4 is 0 Å². The van der Waals surface area contributed by atoms with Crippen LogP contribution in [-0.2, 0) is 28.4 Å². The van der Waals surface area contributed by atoms with E-state index in [9.17, 15) is 10.2 Å². The van der Waals surface area contributed by atoms with Crippen LogP contribution < -0.4 is 0 Å². The van der Waals surface area contributed by atoms with Gasteiger partial charge in [0.25, 0.3) is 0 Å². The molecule has 5 aliphatic heterocycles. The van der Waals surface area contributed by atoms with Gasteiger partial charge in [-0.15, -0.1) is 0 Å². The molecule has 14 atom stereocenters. The Morgan fingerprint density at radius 2 is 1.23 bits per heavy atom. The van der Waals surface area contributed by atoms with Gasteiger partial charge < -0.3 is 48.3 Å². The highest BCUT2D eigenvalue weighted by Gasteiger charge is 2.65. The van der Waals surface area contributed by atoms with Crippen molar-refractivity contribution in [2.24, 2.45) is 0 Å². The first-order valence-corrected chi connectivity index (χ1v) is 17.3. The van der Waals surface area contributed by atoms with Crippen molar-refractivity contribution in [2.45, 2.75) is 200 Å². The molecule has 5 saturated heterocycles. The Balaban J connectivity index is 0.000000148. The number of rotatable bonds is 4. The van der Waals surface area contributed by atoms with E-state index in [-0.39, 0.29) is 72.3 Å². The quantitative estimate of drug-likeness (QED) is 0.447. The maximum absolute atomic E-state index is 9.95. The van der Waals surface area contributed by atoms with Gasteiger partial charge in [-0.3, -0.25) is 0 Å². The topological polar surface area (TPSA) is 105 Å². The molecule has 3 saturated carbocycles. The van der Waals surface area contributed by atoms with Crippen LogP contribution in [0.15, 0.2) is 0 Å². The highest BCUT2D eigenvalue weighted by atomic mass is 16.8. The lowest BCUT2D eigenvalue weighted by atomic mass is 9.76. The molecule has 0 aromatic rings. The minimum atomic E-state index is -0.791. The molecule has 0 radical (unpaired) electrons. The number of aliphatic hydroxyl groups excluding tert-OH is 2. The number of nitrogens with zero attached hydrogens (tertiary/aromatic N) is 2. The first-order valence-electron chi connectivity index (χ1n) is 17.3. The van der Waals surface area contributed by atoms with Gasteiger partial charge in [-0.1, -0.05) is 6.42 Å². The van der Waals surface area contributed by atoms with E-state index in [1.54, 1.807) is 0 Å². The molecule has 4 bridgehead atoms. The minimum absolute atomic E-state index is 0.0104. The summed E-state index contributed by atoms with van der Waals surface area (Å²) in [6.07, 6.45) is 12.9. The molecule has 0 amide bonds. The molecule has 244 valence electrons. The van der Waals surface area contributed by atoms with Crippen LogP contribution in [0.4, 0.5) is 0 Å². The van der Waals surface area contributed by atoms with Gasteiger partial charge in [0.15, 0.2) is 5.79 Å². The number of ether oxygens (including phenoxy) is 6. The van der Waals surface area contributed by atoms with E-state index in [4.69, 9.17) is 41.6 Å². The molecule has 3 spiro atoms. The molecule has 5 heterocycles. The molecular formula is C34H50N2O8. The third-order valence-electron chi connectivity index (χ3n) is 11.8. The van der Waals surface area contributed by atoms with Gasteiger partial charge >= 0.3 is 0 Å². The van der Waals surface area contributed by atoms with Crippen LogP contribution in [0.1, 0.15) is 110 Å². The molecule has 2 unspecified atom stereocenters. The van der Waals surface area contributed by atoms with E-state index < -0.39 is 17.8 Å². The van der Waals surface area contributed by atoms with Crippen LogP contribution in [0, 0.1) is 13.1 Å². The number of hydrogen-bond donors (Lipinski definition) is 2. The summed E-state index contributed by atoms with van der Waals surface area (Å²) >= 11 is 0. The van der Waals surface area contributed by atoms with Crippen molar-refractivity contribution in [2.75, 3.05) is 0 Å². The lowest BCUT2D eigenvalue weighted by Gasteiger charge is -2.44. The summed E-state index contributed by atoms with van der Waals surface area (Å²) in [5.74, 6) is -0.347. The van der Waals surface area contributed by atoms with Crippen molar-refractivity contribution < 1.29 is 38.6 Å². The maximum Gasteiger partial charge on any atom is 0.223 e. The molecule has 3 aliphatic carbocycles. The van der Waals surface area contributed by atoms with E-state index in [0.717, 1.165) is 64.2 Å². The van der Waals surface area contributed by atoms with Crippen LogP contribution in [-0.4, -0.2) is 100 Å². The molecule has 10 nitrogen and oxygen atoms in total. The van der Waals surface area contributed by atoms with Gasteiger partial charge in [0.05, 0.1) is 60.0 Å². The molecule has 2 N–H and O–H groups in total. The van der Waals surface area contributed by atoms with Crippen molar-refractivity contribution in [3.05, 3.63) is 22.8 Å². The predicted molar refractivity (Wildman–Crippen MR) is 158 cm³/mol. The molecule has 44 heavy (non-hydrogen) atoms. The fourth-order valence-electron chi connectivity index (χ4n) is 9.75. The van der Waals surface area contributed by atoms with Gasteiger partial charge in [0, 0.05) is 65.2 Å². The van der Waals surface area contributed by atoms with Crippen molar-refractivity contribution in [1.29, 1.82) is 0 Å². The molecular weight excluding hydrogens is 564 g/mol. The lowest BCUT2D eigenvalue weighted by molar-refractivity contribution is -0.215. The summed E-state index contributed by atoms with van der Waals surface area (Å²) in [6, 6.07) is -0.000785.